The number of carboxylic acids is 1. The molecule has 5 nitrogen and oxygen atoms in total. The van der Waals surface area contributed by atoms with E-state index in [1.165, 1.54) is 37.7 Å². The van der Waals surface area contributed by atoms with Gasteiger partial charge >= 0.3 is 5.97 Å². The molecular weight excluding hydrogens is 290 g/mol. The molecule has 3 N–H and O–H groups in total. The van der Waals surface area contributed by atoms with E-state index in [0.717, 1.165) is 0 Å². The number of nitrogens with one attached hydrogen (secondary N) is 2. The first-order chi connectivity index (χ1) is 11.2. The van der Waals surface area contributed by atoms with Crippen molar-refractivity contribution in [2.75, 3.05) is 13.6 Å². The van der Waals surface area contributed by atoms with Crippen molar-refractivity contribution in [1.29, 1.82) is 0 Å². The number of hydrogen-bond donors (Lipinski definition) is 3. The molecule has 1 aromatic rings. The van der Waals surface area contributed by atoms with Gasteiger partial charge in [0, 0.05) is 7.05 Å². The quantitative estimate of drug-likeness (QED) is 0.779. The van der Waals surface area contributed by atoms with Crippen LogP contribution in [-0.4, -0.2) is 29.7 Å². The molecule has 0 bridgehead atoms. The van der Waals surface area contributed by atoms with E-state index in [2.05, 4.69) is 35.0 Å². The lowest BCUT2D eigenvalue weighted by molar-refractivity contribution is -0.132. The fraction of sp³-hybridized carbons (Fsp3) is 0.500. The molecule has 3 rings (SSSR count). The number of benzene rings is 1. The van der Waals surface area contributed by atoms with E-state index in [0.29, 0.717) is 23.9 Å². The Bertz CT molecular complexity index is 579. The van der Waals surface area contributed by atoms with Gasteiger partial charge in [0.05, 0.1) is 18.2 Å². The lowest BCUT2D eigenvalue weighted by atomic mass is 9.81. The van der Waals surface area contributed by atoms with Gasteiger partial charge < -0.3 is 10.4 Å². The minimum atomic E-state index is -0.861. The maximum atomic E-state index is 11.5. The summed E-state index contributed by atoms with van der Waals surface area (Å²) in [6.45, 7) is 0.361. The molecule has 1 saturated carbocycles. The number of carbonyl (C=O) groups is 1. The smallest absolute Gasteiger partial charge is 0.336 e. The van der Waals surface area contributed by atoms with Crippen LogP contribution in [-0.2, 0) is 4.79 Å². The summed E-state index contributed by atoms with van der Waals surface area (Å²) in [5, 5.41) is 14.8. The highest BCUT2D eigenvalue weighted by atomic mass is 16.4. The third kappa shape index (κ3) is 3.50. The first kappa shape index (κ1) is 15.9. The average molecular weight is 315 g/mol. The molecule has 1 heterocycles. The molecule has 0 aromatic heterocycles. The Hall–Kier alpha value is -2.01. The first-order valence-electron chi connectivity index (χ1n) is 8.42. The fourth-order valence-corrected chi connectivity index (χ4v) is 3.67. The van der Waals surface area contributed by atoms with Crippen LogP contribution in [0, 0.1) is 5.92 Å². The van der Waals surface area contributed by atoms with Crippen molar-refractivity contribution in [2.24, 2.45) is 5.92 Å². The number of rotatable bonds is 5. The van der Waals surface area contributed by atoms with Gasteiger partial charge in [0.2, 0.25) is 0 Å². The molecule has 0 spiro atoms. The Morgan fingerprint density at radius 2 is 1.96 bits per heavy atom. The summed E-state index contributed by atoms with van der Waals surface area (Å²) in [6, 6.07) is 10.5. The van der Waals surface area contributed by atoms with Crippen LogP contribution in [0.3, 0.4) is 0 Å². The molecule has 0 saturated heterocycles. The molecule has 0 radical (unpaired) electrons. The van der Waals surface area contributed by atoms with Crippen LogP contribution in [0.4, 0.5) is 0 Å². The molecule has 1 fully saturated rings. The van der Waals surface area contributed by atoms with Crippen molar-refractivity contribution in [1.82, 2.24) is 15.8 Å². The van der Waals surface area contributed by atoms with Crippen LogP contribution in [0.5, 0.6) is 0 Å². The largest absolute Gasteiger partial charge is 0.478 e. The average Bonchev–Trinajstić information content (AvgIpc) is 2.95. The molecule has 124 valence electrons. The summed E-state index contributed by atoms with van der Waals surface area (Å²) in [4.78, 5) is 11.5. The minimum absolute atomic E-state index is 0.156. The Labute approximate surface area is 137 Å². The molecule has 0 amide bonds. The van der Waals surface area contributed by atoms with Crippen LogP contribution in [0.2, 0.25) is 0 Å². The number of hydrogen-bond acceptors (Lipinski definition) is 4. The summed E-state index contributed by atoms with van der Waals surface area (Å²) in [5.41, 5.74) is 4.72. The van der Waals surface area contributed by atoms with E-state index in [-0.39, 0.29) is 6.04 Å². The van der Waals surface area contributed by atoms with Crippen molar-refractivity contribution < 1.29 is 9.90 Å². The second-order valence-corrected chi connectivity index (χ2v) is 6.46. The van der Waals surface area contributed by atoms with E-state index in [1.54, 1.807) is 5.01 Å². The number of aliphatic carboxylic acids is 1. The van der Waals surface area contributed by atoms with Gasteiger partial charge in [-0.05, 0) is 24.3 Å². The predicted octanol–water partition coefficient (Wildman–Crippen LogP) is 2.64. The third-order valence-electron chi connectivity index (χ3n) is 4.94. The second kappa shape index (κ2) is 7.04. The maximum Gasteiger partial charge on any atom is 0.336 e. The van der Waals surface area contributed by atoms with E-state index >= 15 is 0 Å². The number of nitrogens with zero attached hydrogens (tertiary/aromatic N) is 1. The number of hydrazine groups is 1. The molecule has 1 aliphatic heterocycles. The van der Waals surface area contributed by atoms with Gasteiger partial charge in [-0.25, -0.2) is 10.2 Å². The zero-order valence-corrected chi connectivity index (χ0v) is 13.6. The number of carboxylic acid groups (broad SMARTS) is 1. The first-order valence-corrected chi connectivity index (χ1v) is 8.42. The molecule has 1 aromatic carbocycles. The molecule has 1 aliphatic carbocycles. The van der Waals surface area contributed by atoms with Gasteiger partial charge in [0.25, 0.3) is 0 Å². The topological polar surface area (TPSA) is 64.6 Å². The van der Waals surface area contributed by atoms with Gasteiger partial charge in [-0.15, -0.1) is 0 Å². The lowest BCUT2D eigenvalue weighted by Gasteiger charge is -2.34. The highest BCUT2D eigenvalue weighted by Crippen LogP contribution is 2.35. The van der Waals surface area contributed by atoms with Gasteiger partial charge in [0.1, 0.15) is 5.82 Å². The Kier molecular flexibility index (Phi) is 4.86. The van der Waals surface area contributed by atoms with Crippen molar-refractivity contribution >= 4 is 5.97 Å². The molecule has 1 atom stereocenters. The maximum absolute atomic E-state index is 11.5. The molecule has 2 aliphatic rings. The van der Waals surface area contributed by atoms with Crippen LogP contribution >= 0.6 is 0 Å². The van der Waals surface area contributed by atoms with Gasteiger partial charge in [0.15, 0.2) is 0 Å². The monoisotopic (exact) mass is 315 g/mol. The zero-order valence-electron chi connectivity index (χ0n) is 13.6. The van der Waals surface area contributed by atoms with Gasteiger partial charge in [-0.2, -0.15) is 0 Å². The van der Waals surface area contributed by atoms with Crippen LogP contribution < -0.4 is 10.7 Å². The Morgan fingerprint density at radius 1 is 1.26 bits per heavy atom. The third-order valence-corrected chi connectivity index (χ3v) is 4.94. The van der Waals surface area contributed by atoms with Crippen molar-refractivity contribution in [3.05, 3.63) is 47.3 Å². The van der Waals surface area contributed by atoms with Crippen molar-refractivity contribution in [3.63, 3.8) is 0 Å². The highest BCUT2D eigenvalue weighted by molar-refractivity contribution is 5.88. The standard InChI is InChI=1S/C18H25N3O2/c1-21-17(15(12-19-21)18(22)23)20-16(13-8-4-2-5-9-13)14-10-6-3-7-11-14/h2,4-5,8-9,14,16,19-20H,3,6-7,10-12H2,1H3,(H,22,23). The zero-order chi connectivity index (χ0) is 16.2. The Morgan fingerprint density at radius 3 is 2.61 bits per heavy atom. The highest BCUT2D eigenvalue weighted by Gasteiger charge is 2.30. The summed E-state index contributed by atoms with van der Waals surface area (Å²) >= 11 is 0. The Balaban J connectivity index is 1.89. The van der Waals surface area contributed by atoms with E-state index in [4.69, 9.17) is 0 Å². The minimum Gasteiger partial charge on any atom is -0.478 e. The van der Waals surface area contributed by atoms with Crippen molar-refractivity contribution in [3.8, 4) is 0 Å². The van der Waals surface area contributed by atoms with Crippen molar-refractivity contribution in [2.45, 2.75) is 38.1 Å². The summed E-state index contributed by atoms with van der Waals surface area (Å²) in [6.07, 6.45) is 6.21. The molecular formula is C18H25N3O2. The fourth-order valence-electron chi connectivity index (χ4n) is 3.67. The van der Waals surface area contributed by atoms with E-state index in [9.17, 15) is 9.90 Å². The molecule has 5 heteroatoms. The summed E-state index contributed by atoms with van der Waals surface area (Å²) < 4.78 is 0. The van der Waals surface area contributed by atoms with Gasteiger partial charge in [-0.3, -0.25) is 5.01 Å². The van der Waals surface area contributed by atoms with Gasteiger partial charge in [-0.1, -0.05) is 49.6 Å². The molecule has 23 heavy (non-hydrogen) atoms. The summed E-state index contributed by atoms with van der Waals surface area (Å²) in [5.74, 6) is 0.374. The second-order valence-electron chi connectivity index (χ2n) is 6.46. The van der Waals surface area contributed by atoms with Crippen LogP contribution in [0.15, 0.2) is 41.7 Å². The SMILES string of the molecule is CN1NCC(C(=O)O)=C1NC(c1ccccc1)C1CCCCC1. The lowest BCUT2D eigenvalue weighted by Crippen LogP contribution is -2.37. The van der Waals surface area contributed by atoms with E-state index in [1.807, 2.05) is 13.1 Å². The van der Waals surface area contributed by atoms with Crippen LogP contribution in [0.25, 0.3) is 0 Å². The normalized spacial score (nSPS) is 20.7. The van der Waals surface area contributed by atoms with Crippen LogP contribution in [0.1, 0.15) is 43.7 Å². The predicted molar refractivity (Wildman–Crippen MR) is 89.3 cm³/mol. The van der Waals surface area contributed by atoms with E-state index < -0.39 is 5.97 Å². The molecule has 1 unspecified atom stereocenters. The summed E-state index contributed by atoms with van der Waals surface area (Å²) in [7, 11) is 1.86.